The molecule has 0 amide bonds. The fourth-order valence-electron chi connectivity index (χ4n) is 1.72. The minimum atomic E-state index is -0.494. The van der Waals surface area contributed by atoms with Crippen LogP contribution >= 0.6 is 0 Å². The molecule has 6 nitrogen and oxygen atoms in total. The number of fused-ring (bicyclic) bond motifs is 1. The fourth-order valence-corrected chi connectivity index (χ4v) is 1.72. The van der Waals surface area contributed by atoms with Crippen LogP contribution in [0.15, 0.2) is 41.1 Å². The summed E-state index contributed by atoms with van der Waals surface area (Å²) in [6, 6.07) is 6.85. The zero-order valence-corrected chi connectivity index (χ0v) is 9.53. The lowest BCUT2D eigenvalue weighted by molar-refractivity contribution is 0.0594. The second kappa shape index (κ2) is 3.99. The molecular formula is C12H9N3O3. The quantitative estimate of drug-likeness (QED) is 0.641. The van der Waals surface area contributed by atoms with Crippen LogP contribution in [0.1, 0.15) is 10.5 Å². The van der Waals surface area contributed by atoms with Crippen LogP contribution < -0.4 is 0 Å². The third kappa shape index (κ3) is 1.55. The standard InChI is InChI=1S/C12H9N3O3/c1-17-12(16)8-7-9(10-3-2-6-18-10)15-11(14-8)4-5-13-15/h2-7H,1H3. The third-order valence-corrected chi connectivity index (χ3v) is 2.53. The highest BCUT2D eigenvalue weighted by atomic mass is 16.5. The number of furan rings is 1. The lowest BCUT2D eigenvalue weighted by Crippen LogP contribution is -2.07. The molecule has 0 N–H and O–H groups in total. The first kappa shape index (κ1) is 10.5. The molecular weight excluding hydrogens is 234 g/mol. The summed E-state index contributed by atoms with van der Waals surface area (Å²) in [6.45, 7) is 0. The number of ether oxygens (including phenoxy) is 1. The van der Waals surface area contributed by atoms with Crippen molar-refractivity contribution in [1.29, 1.82) is 0 Å². The van der Waals surface area contributed by atoms with Gasteiger partial charge in [0.1, 0.15) is 5.69 Å². The number of nitrogens with zero attached hydrogens (tertiary/aromatic N) is 3. The molecule has 0 spiro atoms. The van der Waals surface area contributed by atoms with Crippen LogP contribution in [0, 0.1) is 0 Å². The minimum absolute atomic E-state index is 0.219. The lowest BCUT2D eigenvalue weighted by Gasteiger charge is -2.04. The van der Waals surface area contributed by atoms with Gasteiger partial charge in [0.15, 0.2) is 17.1 Å². The zero-order valence-electron chi connectivity index (χ0n) is 9.53. The Bertz CT molecular complexity index is 701. The largest absolute Gasteiger partial charge is 0.464 e. The predicted octanol–water partition coefficient (Wildman–Crippen LogP) is 1.78. The van der Waals surface area contributed by atoms with Gasteiger partial charge >= 0.3 is 5.97 Å². The third-order valence-electron chi connectivity index (χ3n) is 2.53. The van der Waals surface area contributed by atoms with E-state index in [4.69, 9.17) is 4.42 Å². The van der Waals surface area contributed by atoms with Gasteiger partial charge in [-0.25, -0.2) is 14.3 Å². The molecule has 6 heteroatoms. The molecule has 0 atom stereocenters. The van der Waals surface area contributed by atoms with Crippen LogP contribution in [-0.2, 0) is 4.74 Å². The van der Waals surface area contributed by atoms with Gasteiger partial charge in [-0.1, -0.05) is 0 Å². The molecule has 0 saturated carbocycles. The Hall–Kier alpha value is -2.63. The highest BCUT2D eigenvalue weighted by molar-refractivity contribution is 5.89. The second-order valence-corrected chi connectivity index (χ2v) is 3.60. The molecule has 90 valence electrons. The van der Waals surface area contributed by atoms with Crippen LogP contribution in [0.4, 0.5) is 0 Å². The average molecular weight is 243 g/mol. The number of hydrogen-bond acceptors (Lipinski definition) is 5. The second-order valence-electron chi connectivity index (χ2n) is 3.60. The molecule has 0 aliphatic rings. The van der Waals surface area contributed by atoms with Crippen molar-refractivity contribution < 1.29 is 13.9 Å². The predicted molar refractivity (Wildman–Crippen MR) is 62.0 cm³/mol. The van der Waals surface area contributed by atoms with Crippen LogP contribution in [-0.4, -0.2) is 27.7 Å². The number of methoxy groups -OCH3 is 1. The van der Waals surface area contributed by atoms with Crippen molar-refractivity contribution in [1.82, 2.24) is 14.6 Å². The van der Waals surface area contributed by atoms with E-state index in [1.807, 2.05) is 0 Å². The summed E-state index contributed by atoms with van der Waals surface area (Å²) in [5.74, 6) is 0.114. The van der Waals surface area contributed by atoms with E-state index < -0.39 is 5.97 Å². The molecule has 3 rings (SSSR count). The van der Waals surface area contributed by atoms with E-state index in [0.717, 1.165) is 0 Å². The first-order valence-electron chi connectivity index (χ1n) is 5.26. The van der Waals surface area contributed by atoms with Crippen molar-refractivity contribution in [2.24, 2.45) is 0 Å². The molecule has 0 bridgehead atoms. The Morgan fingerprint density at radius 2 is 2.33 bits per heavy atom. The van der Waals surface area contributed by atoms with Crippen molar-refractivity contribution in [3.63, 3.8) is 0 Å². The number of carbonyl (C=O) groups excluding carboxylic acids is 1. The maximum Gasteiger partial charge on any atom is 0.356 e. The summed E-state index contributed by atoms with van der Waals surface area (Å²) in [5.41, 5.74) is 1.43. The zero-order chi connectivity index (χ0) is 12.5. The van der Waals surface area contributed by atoms with E-state index in [1.54, 1.807) is 41.2 Å². The van der Waals surface area contributed by atoms with Crippen molar-refractivity contribution in [3.05, 3.63) is 42.4 Å². The first-order valence-corrected chi connectivity index (χ1v) is 5.26. The summed E-state index contributed by atoms with van der Waals surface area (Å²) in [7, 11) is 1.32. The van der Waals surface area contributed by atoms with Gasteiger partial charge in [0.25, 0.3) is 0 Å². The molecule has 3 aromatic rings. The van der Waals surface area contributed by atoms with Gasteiger partial charge in [0.05, 0.1) is 19.6 Å². The topological polar surface area (TPSA) is 69.6 Å². The Kier molecular flexibility index (Phi) is 2.33. The van der Waals surface area contributed by atoms with Crippen molar-refractivity contribution in [2.75, 3.05) is 7.11 Å². The fraction of sp³-hybridized carbons (Fsp3) is 0.0833. The molecule has 0 fully saturated rings. The summed E-state index contributed by atoms with van der Waals surface area (Å²) in [4.78, 5) is 15.7. The van der Waals surface area contributed by atoms with Gasteiger partial charge in [-0.2, -0.15) is 5.10 Å². The monoisotopic (exact) mass is 243 g/mol. The molecule has 0 radical (unpaired) electrons. The van der Waals surface area contributed by atoms with Gasteiger partial charge in [0.2, 0.25) is 0 Å². The Labute approximate surface area is 102 Å². The number of hydrogen-bond donors (Lipinski definition) is 0. The molecule has 18 heavy (non-hydrogen) atoms. The number of esters is 1. The van der Waals surface area contributed by atoms with Gasteiger partial charge in [-0.3, -0.25) is 0 Å². The maximum atomic E-state index is 11.6. The number of carbonyl (C=O) groups is 1. The molecule has 3 heterocycles. The van der Waals surface area contributed by atoms with Gasteiger partial charge < -0.3 is 9.15 Å². The summed E-state index contributed by atoms with van der Waals surface area (Å²) >= 11 is 0. The summed E-state index contributed by atoms with van der Waals surface area (Å²) in [6.07, 6.45) is 3.17. The summed E-state index contributed by atoms with van der Waals surface area (Å²) in [5, 5.41) is 4.14. The first-order chi connectivity index (χ1) is 8.79. The number of aromatic nitrogens is 3. The van der Waals surface area contributed by atoms with Gasteiger partial charge in [-0.05, 0) is 12.1 Å². The van der Waals surface area contributed by atoms with Crippen molar-refractivity contribution in [3.8, 4) is 11.5 Å². The van der Waals surface area contributed by atoms with Gasteiger partial charge in [-0.15, -0.1) is 0 Å². The van der Waals surface area contributed by atoms with E-state index in [2.05, 4.69) is 14.8 Å². The van der Waals surface area contributed by atoms with E-state index in [1.165, 1.54) is 7.11 Å². The van der Waals surface area contributed by atoms with E-state index in [9.17, 15) is 4.79 Å². The molecule has 3 aromatic heterocycles. The highest BCUT2D eigenvalue weighted by Crippen LogP contribution is 2.21. The van der Waals surface area contributed by atoms with Crippen LogP contribution in [0.5, 0.6) is 0 Å². The van der Waals surface area contributed by atoms with Gasteiger partial charge in [0, 0.05) is 12.1 Å². The van der Waals surface area contributed by atoms with Crippen LogP contribution in [0.3, 0.4) is 0 Å². The Balaban J connectivity index is 2.28. The van der Waals surface area contributed by atoms with Crippen LogP contribution in [0.2, 0.25) is 0 Å². The average Bonchev–Trinajstić information content (AvgIpc) is 3.06. The molecule has 0 unspecified atom stereocenters. The maximum absolute atomic E-state index is 11.6. The van der Waals surface area contributed by atoms with Crippen molar-refractivity contribution >= 4 is 11.6 Å². The van der Waals surface area contributed by atoms with Crippen molar-refractivity contribution in [2.45, 2.75) is 0 Å². The molecule has 0 aliphatic heterocycles. The van der Waals surface area contributed by atoms with E-state index in [-0.39, 0.29) is 5.69 Å². The molecule has 0 aliphatic carbocycles. The van der Waals surface area contributed by atoms with E-state index in [0.29, 0.717) is 17.1 Å². The number of rotatable bonds is 2. The Morgan fingerprint density at radius 1 is 1.44 bits per heavy atom. The normalized spacial score (nSPS) is 10.7. The van der Waals surface area contributed by atoms with E-state index >= 15 is 0 Å². The Morgan fingerprint density at radius 3 is 3.06 bits per heavy atom. The SMILES string of the molecule is COC(=O)c1cc(-c2ccco2)n2nccc2n1. The molecule has 0 saturated heterocycles. The van der Waals surface area contributed by atoms with Crippen LogP contribution in [0.25, 0.3) is 17.1 Å². The smallest absolute Gasteiger partial charge is 0.356 e. The highest BCUT2D eigenvalue weighted by Gasteiger charge is 2.15. The lowest BCUT2D eigenvalue weighted by atomic mass is 10.2. The minimum Gasteiger partial charge on any atom is -0.464 e. The summed E-state index contributed by atoms with van der Waals surface area (Å²) < 4.78 is 11.6. The molecule has 0 aromatic carbocycles.